The van der Waals surface area contributed by atoms with Gasteiger partial charge in [0.1, 0.15) is 17.1 Å². The van der Waals surface area contributed by atoms with Crippen LogP contribution in [0.15, 0.2) is 41.3 Å². The zero-order valence-electron chi connectivity index (χ0n) is 18.5. The monoisotopic (exact) mass is 495 g/mol. The number of fused-ring (bicyclic) bond motifs is 1. The molecular weight excluding hydrogens is 469 g/mol. The second-order valence-corrected chi connectivity index (χ2v) is 12.3. The number of anilines is 1. The Balaban J connectivity index is 1.85. The highest BCUT2D eigenvalue weighted by atomic mass is 35.5. The first-order chi connectivity index (χ1) is 15.0. The summed E-state index contributed by atoms with van der Waals surface area (Å²) in [6.07, 6.45) is 2.64. The van der Waals surface area contributed by atoms with Gasteiger partial charge in [0.25, 0.3) is 0 Å². The van der Waals surface area contributed by atoms with Gasteiger partial charge in [-0.05, 0) is 69.5 Å². The minimum Gasteiger partial charge on any atom is -0.490 e. The van der Waals surface area contributed by atoms with E-state index in [0.29, 0.717) is 41.4 Å². The number of rotatable bonds is 4. The van der Waals surface area contributed by atoms with Crippen LogP contribution in [0, 0.1) is 5.41 Å². The Morgan fingerprint density at radius 1 is 1.03 bits per heavy atom. The van der Waals surface area contributed by atoms with Crippen molar-refractivity contribution in [2.24, 2.45) is 5.41 Å². The predicted molar refractivity (Wildman–Crippen MR) is 128 cm³/mol. The summed E-state index contributed by atoms with van der Waals surface area (Å²) in [6.45, 7) is 6.37. The molecule has 0 atom stereocenters. The van der Waals surface area contributed by atoms with Crippen molar-refractivity contribution in [3.05, 3.63) is 52.0 Å². The molecular formula is C24H27Cl2NO4S. The van der Waals surface area contributed by atoms with Crippen LogP contribution in [0.25, 0.3) is 0 Å². The standard InChI is InChI=1S/C24H27Cl2NO4S/c1-4-27-20-10-7-16(13-21(20)31-15-23(2,3)22(27)28)24(11-5-6-12-24)32(29,30)17-8-9-18(25)19(26)14-17/h7-10,13-14H,4-6,11-12,15H2,1-3H3. The Hall–Kier alpha value is -1.76. The normalized spacial score (nSPS) is 19.9. The molecule has 0 radical (unpaired) electrons. The first-order valence-corrected chi connectivity index (χ1v) is 13.1. The maximum absolute atomic E-state index is 13.9. The van der Waals surface area contributed by atoms with Crippen molar-refractivity contribution in [3.63, 3.8) is 0 Å². The van der Waals surface area contributed by atoms with Gasteiger partial charge in [0, 0.05) is 6.54 Å². The molecule has 1 aliphatic heterocycles. The molecule has 1 amide bonds. The van der Waals surface area contributed by atoms with E-state index in [1.807, 2.05) is 39.0 Å². The summed E-state index contributed by atoms with van der Waals surface area (Å²) in [5.74, 6) is 0.532. The quantitative estimate of drug-likeness (QED) is 0.520. The molecule has 1 aliphatic carbocycles. The van der Waals surface area contributed by atoms with Crippen LogP contribution in [0.4, 0.5) is 5.69 Å². The van der Waals surface area contributed by atoms with E-state index in [-0.39, 0.29) is 22.4 Å². The highest BCUT2D eigenvalue weighted by molar-refractivity contribution is 7.92. The Morgan fingerprint density at radius 2 is 1.72 bits per heavy atom. The van der Waals surface area contributed by atoms with Crippen LogP contribution in [0.1, 0.15) is 52.0 Å². The predicted octanol–water partition coefficient (Wildman–Crippen LogP) is 6.01. The van der Waals surface area contributed by atoms with Gasteiger partial charge in [-0.1, -0.05) is 42.1 Å². The fraction of sp³-hybridized carbons (Fsp3) is 0.458. The summed E-state index contributed by atoms with van der Waals surface area (Å²) < 4.78 is 32.8. The minimum absolute atomic E-state index is 0.00879. The van der Waals surface area contributed by atoms with E-state index in [0.717, 1.165) is 12.8 Å². The lowest BCUT2D eigenvalue weighted by Crippen LogP contribution is -2.42. The van der Waals surface area contributed by atoms with Crippen LogP contribution in [0.3, 0.4) is 0 Å². The number of halogens is 2. The minimum atomic E-state index is -3.76. The van der Waals surface area contributed by atoms with Crippen molar-refractivity contribution >= 4 is 44.6 Å². The van der Waals surface area contributed by atoms with Gasteiger partial charge in [-0.2, -0.15) is 0 Å². The average molecular weight is 496 g/mol. The third-order valence-electron chi connectivity index (χ3n) is 6.63. The molecule has 32 heavy (non-hydrogen) atoms. The molecule has 2 aliphatic rings. The molecule has 0 N–H and O–H groups in total. The number of nitrogens with zero attached hydrogens (tertiary/aromatic N) is 1. The number of ether oxygens (including phenoxy) is 1. The Labute approximate surface area is 199 Å². The average Bonchev–Trinajstić information content (AvgIpc) is 3.24. The van der Waals surface area contributed by atoms with Crippen molar-refractivity contribution in [1.29, 1.82) is 0 Å². The number of carbonyl (C=O) groups is 1. The zero-order chi connectivity index (χ0) is 23.3. The molecule has 0 aromatic heterocycles. The molecule has 1 heterocycles. The molecule has 0 spiro atoms. The fourth-order valence-electron chi connectivity index (χ4n) is 4.77. The molecule has 0 bridgehead atoms. The molecule has 0 unspecified atom stereocenters. The second-order valence-electron chi connectivity index (χ2n) is 9.19. The van der Waals surface area contributed by atoms with E-state index in [2.05, 4.69) is 0 Å². The van der Waals surface area contributed by atoms with E-state index < -0.39 is 20.0 Å². The molecule has 2 aromatic carbocycles. The van der Waals surface area contributed by atoms with Gasteiger partial charge < -0.3 is 9.64 Å². The highest BCUT2D eigenvalue weighted by Gasteiger charge is 2.49. The van der Waals surface area contributed by atoms with E-state index in [9.17, 15) is 13.2 Å². The van der Waals surface area contributed by atoms with Gasteiger partial charge in [-0.25, -0.2) is 8.42 Å². The smallest absolute Gasteiger partial charge is 0.236 e. The largest absolute Gasteiger partial charge is 0.490 e. The number of sulfone groups is 1. The summed E-state index contributed by atoms with van der Waals surface area (Å²) in [6, 6.07) is 9.93. The van der Waals surface area contributed by atoms with Gasteiger partial charge in [0.05, 0.1) is 26.0 Å². The molecule has 0 saturated heterocycles. The van der Waals surface area contributed by atoms with Gasteiger partial charge in [-0.15, -0.1) is 0 Å². The highest BCUT2D eigenvalue weighted by Crippen LogP contribution is 2.50. The molecule has 1 fully saturated rings. The maximum atomic E-state index is 13.9. The Bertz CT molecular complexity index is 1170. The van der Waals surface area contributed by atoms with Crippen molar-refractivity contribution in [2.45, 2.75) is 56.1 Å². The molecule has 2 aromatic rings. The van der Waals surface area contributed by atoms with Gasteiger partial charge in [0.15, 0.2) is 9.84 Å². The number of benzene rings is 2. The van der Waals surface area contributed by atoms with Crippen LogP contribution < -0.4 is 9.64 Å². The van der Waals surface area contributed by atoms with E-state index in [1.165, 1.54) is 18.2 Å². The lowest BCUT2D eigenvalue weighted by Gasteiger charge is -2.31. The first-order valence-electron chi connectivity index (χ1n) is 10.8. The Kier molecular flexibility index (Phi) is 6.02. The maximum Gasteiger partial charge on any atom is 0.236 e. The van der Waals surface area contributed by atoms with E-state index in [4.69, 9.17) is 27.9 Å². The van der Waals surface area contributed by atoms with Crippen LogP contribution in [-0.2, 0) is 19.4 Å². The third kappa shape index (κ3) is 3.61. The lowest BCUT2D eigenvalue weighted by atomic mass is 9.93. The third-order valence-corrected chi connectivity index (χ3v) is 9.92. The number of amides is 1. The second kappa shape index (κ2) is 8.23. The summed E-state index contributed by atoms with van der Waals surface area (Å²) in [5.41, 5.74) is 0.682. The molecule has 4 rings (SSSR count). The molecule has 5 nitrogen and oxygen atoms in total. The van der Waals surface area contributed by atoms with Gasteiger partial charge >= 0.3 is 0 Å². The summed E-state index contributed by atoms with van der Waals surface area (Å²) >= 11 is 12.2. The zero-order valence-corrected chi connectivity index (χ0v) is 20.8. The van der Waals surface area contributed by atoms with Gasteiger partial charge in [0.2, 0.25) is 5.91 Å². The van der Waals surface area contributed by atoms with Crippen LogP contribution in [0.5, 0.6) is 5.75 Å². The van der Waals surface area contributed by atoms with Gasteiger partial charge in [-0.3, -0.25) is 4.79 Å². The summed E-state index contributed by atoms with van der Waals surface area (Å²) in [7, 11) is -3.76. The summed E-state index contributed by atoms with van der Waals surface area (Å²) in [5, 5.41) is 0.530. The number of carbonyl (C=O) groups excluding carboxylic acids is 1. The molecule has 172 valence electrons. The van der Waals surface area contributed by atoms with Crippen molar-refractivity contribution < 1.29 is 17.9 Å². The van der Waals surface area contributed by atoms with Crippen LogP contribution in [-0.4, -0.2) is 27.5 Å². The molecule has 1 saturated carbocycles. The summed E-state index contributed by atoms with van der Waals surface area (Å²) in [4.78, 5) is 14.9. The van der Waals surface area contributed by atoms with Crippen LogP contribution >= 0.6 is 23.2 Å². The van der Waals surface area contributed by atoms with Crippen molar-refractivity contribution in [1.82, 2.24) is 0 Å². The van der Waals surface area contributed by atoms with Crippen molar-refractivity contribution in [2.75, 3.05) is 18.1 Å². The number of hydrogen-bond acceptors (Lipinski definition) is 4. The fourth-order valence-corrected chi connectivity index (χ4v) is 7.37. The Morgan fingerprint density at radius 3 is 2.34 bits per heavy atom. The lowest BCUT2D eigenvalue weighted by molar-refractivity contribution is -0.127. The van der Waals surface area contributed by atoms with Crippen molar-refractivity contribution in [3.8, 4) is 5.75 Å². The first kappa shape index (κ1) is 23.4. The van der Waals surface area contributed by atoms with E-state index >= 15 is 0 Å². The van der Waals surface area contributed by atoms with E-state index in [1.54, 1.807) is 4.90 Å². The SMILES string of the molecule is CCN1C(=O)C(C)(C)COc2cc(C3(S(=O)(=O)c4ccc(Cl)c(Cl)c4)CCCC3)ccc21. The van der Waals surface area contributed by atoms with Crippen LogP contribution in [0.2, 0.25) is 10.0 Å². The topological polar surface area (TPSA) is 63.7 Å². The molecule has 8 heteroatoms. The number of hydrogen-bond donors (Lipinski definition) is 0.